The molecule has 0 spiro atoms. The van der Waals surface area contributed by atoms with Crippen LogP contribution in [0.1, 0.15) is 63.1 Å². The quantitative estimate of drug-likeness (QED) is 0.692. The number of rotatable bonds is 7. The molecule has 1 aliphatic carbocycles. The standard InChI is InChI=1S/C28H38N2O/c1-3-29(4-2)25-17-15-24(16-18-25)27-26-14-8-9-19-28(26,31)20-22-30(27)21-10-13-23-11-6-5-7-12-23/h5-7,10-13,15-18,26-27,31H,3-4,8-9,14,19-22H2,1-2H3/p+1/b13-10+/t26-,27+,28+/m0/s1. The molecule has 0 bridgehead atoms. The number of nitrogens with zero attached hydrogens (tertiary/aromatic N) is 1. The Bertz CT molecular complexity index is 843. The van der Waals surface area contributed by atoms with Gasteiger partial charge in [-0.3, -0.25) is 0 Å². The van der Waals surface area contributed by atoms with Crippen LogP contribution in [0.3, 0.4) is 0 Å². The Morgan fingerprint density at radius 2 is 1.74 bits per heavy atom. The average molecular weight is 420 g/mol. The Morgan fingerprint density at radius 1 is 1.00 bits per heavy atom. The minimum absolute atomic E-state index is 0.356. The molecule has 4 rings (SSSR count). The van der Waals surface area contributed by atoms with Gasteiger partial charge in [0.2, 0.25) is 0 Å². The summed E-state index contributed by atoms with van der Waals surface area (Å²) in [6.45, 7) is 8.53. The van der Waals surface area contributed by atoms with Gasteiger partial charge in [0.25, 0.3) is 0 Å². The molecule has 2 aliphatic rings. The van der Waals surface area contributed by atoms with Crippen LogP contribution in [0.2, 0.25) is 0 Å². The molecule has 2 aromatic carbocycles. The Hall–Kier alpha value is -2.10. The number of hydrogen-bond acceptors (Lipinski definition) is 2. The van der Waals surface area contributed by atoms with E-state index in [1.807, 2.05) is 0 Å². The van der Waals surface area contributed by atoms with Gasteiger partial charge in [0.1, 0.15) is 6.04 Å². The lowest BCUT2D eigenvalue weighted by molar-refractivity contribution is -0.939. The van der Waals surface area contributed by atoms with Gasteiger partial charge in [0, 0.05) is 36.7 Å². The van der Waals surface area contributed by atoms with Crippen LogP contribution < -0.4 is 9.80 Å². The van der Waals surface area contributed by atoms with E-state index in [1.165, 1.54) is 29.7 Å². The van der Waals surface area contributed by atoms with Crippen LogP contribution >= 0.6 is 0 Å². The van der Waals surface area contributed by atoms with Crippen molar-refractivity contribution in [2.75, 3.05) is 31.1 Å². The molecule has 1 heterocycles. The maximum atomic E-state index is 11.5. The highest BCUT2D eigenvalue weighted by molar-refractivity contribution is 5.49. The van der Waals surface area contributed by atoms with Crippen molar-refractivity contribution in [1.82, 2.24) is 0 Å². The SMILES string of the molecule is CCN(CC)c1ccc([C@@H]2[C@@H]3CCCC[C@@]3(O)CC[NH+]2C/C=C/c2ccccc2)cc1. The molecule has 3 heteroatoms. The molecule has 1 unspecified atom stereocenters. The number of likely N-dealkylation sites (tertiary alicyclic amines) is 1. The molecule has 1 saturated heterocycles. The summed E-state index contributed by atoms with van der Waals surface area (Å²) >= 11 is 0. The van der Waals surface area contributed by atoms with Gasteiger partial charge in [-0.15, -0.1) is 0 Å². The highest BCUT2D eigenvalue weighted by atomic mass is 16.3. The third-order valence-electron chi connectivity index (χ3n) is 7.66. The van der Waals surface area contributed by atoms with E-state index in [1.54, 1.807) is 4.90 Å². The molecule has 0 aromatic heterocycles. The number of nitrogens with one attached hydrogen (secondary N) is 1. The Morgan fingerprint density at radius 3 is 2.45 bits per heavy atom. The zero-order valence-corrected chi connectivity index (χ0v) is 19.3. The zero-order valence-electron chi connectivity index (χ0n) is 19.3. The number of aliphatic hydroxyl groups is 1. The number of hydrogen-bond donors (Lipinski definition) is 2. The monoisotopic (exact) mass is 419 g/mol. The van der Waals surface area contributed by atoms with Crippen LogP contribution in [0.25, 0.3) is 6.08 Å². The van der Waals surface area contributed by atoms with Gasteiger partial charge in [0.05, 0.1) is 18.7 Å². The second-order valence-corrected chi connectivity index (χ2v) is 9.37. The van der Waals surface area contributed by atoms with Gasteiger partial charge in [-0.05, 0) is 50.5 Å². The van der Waals surface area contributed by atoms with Crippen molar-refractivity contribution < 1.29 is 10.0 Å². The smallest absolute Gasteiger partial charge is 0.119 e. The highest BCUT2D eigenvalue weighted by Gasteiger charge is 2.51. The van der Waals surface area contributed by atoms with Crippen LogP contribution in [0, 0.1) is 5.92 Å². The minimum Gasteiger partial charge on any atom is -0.389 e. The summed E-state index contributed by atoms with van der Waals surface area (Å²) < 4.78 is 0. The van der Waals surface area contributed by atoms with Gasteiger partial charge in [-0.25, -0.2) is 0 Å². The lowest BCUT2D eigenvalue weighted by Crippen LogP contribution is -3.14. The minimum atomic E-state index is -0.479. The van der Waals surface area contributed by atoms with E-state index >= 15 is 0 Å². The van der Waals surface area contributed by atoms with E-state index in [0.717, 1.165) is 45.4 Å². The maximum Gasteiger partial charge on any atom is 0.119 e. The topological polar surface area (TPSA) is 27.9 Å². The number of fused-ring (bicyclic) bond motifs is 1. The predicted octanol–water partition coefficient (Wildman–Crippen LogP) is 4.50. The van der Waals surface area contributed by atoms with Crippen LogP contribution in [-0.4, -0.2) is 36.9 Å². The lowest BCUT2D eigenvalue weighted by atomic mass is 9.66. The summed E-state index contributed by atoms with van der Waals surface area (Å²) in [4.78, 5) is 3.99. The Labute approximate surface area is 188 Å². The molecule has 4 atom stereocenters. The molecule has 0 amide bonds. The van der Waals surface area contributed by atoms with Gasteiger partial charge in [0.15, 0.2) is 0 Å². The number of piperidine rings is 1. The summed E-state index contributed by atoms with van der Waals surface area (Å²) in [5.41, 5.74) is 3.47. The first-order chi connectivity index (χ1) is 15.1. The molecule has 0 radical (unpaired) electrons. The van der Waals surface area contributed by atoms with Crippen molar-refractivity contribution in [3.05, 3.63) is 71.8 Å². The zero-order chi connectivity index (χ0) is 21.7. The summed E-state index contributed by atoms with van der Waals surface area (Å²) in [5.74, 6) is 0.356. The molecule has 166 valence electrons. The first-order valence-electron chi connectivity index (χ1n) is 12.3. The van der Waals surface area contributed by atoms with Crippen molar-refractivity contribution in [3.63, 3.8) is 0 Å². The predicted molar refractivity (Wildman–Crippen MR) is 130 cm³/mol. The first kappa shape index (κ1) is 22.1. The van der Waals surface area contributed by atoms with Crippen LogP contribution in [0.4, 0.5) is 5.69 Å². The summed E-state index contributed by atoms with van der Waals surface area (Å²) in [5, 5.41) is 11.5. The number of quaternary nitrogens is 1. The van der Waals surface area contributed by atoms with E-state index in [0.29, 0.717) is 12.0 Å². The maximum absolute atomic E-state index is 11.5. The molecule has 2 N–H and O–H groups in total. The third-order valence-corrected chi connectivity index (χ3v) is 7.66. The van der Waals surface area contributed by atoms with Gasteiger partial charge in [-0.2, -0.15) is 0 Å². The van der Waals surface area contributed by atoms with Crippen molar-refractivity contribution in [2.24, 2.45) is 5.92 Å². The van der Waals surface area contributed by atoms with E-state index in [4.69, 9.17) is 0 Å². The first-order valence-corrected chi connectivity index (χ1v) is 12.3. The van der Waals surface area contributed by atoms with E-state index in [9.17, 15) is 5.11 Å². The molecule has 3 nitrogen and oxygen atoms in total. The largest absolute Gasteiger partial charge is 0.389 e. The molecule has 31 heavy (non-hydrogen) atoms. The third kappa shape index (κ3) is 4.88. The normalized spacial score (nSPS) is 28.4. The van der Waals surface area contributed by atoms with Crippen LogP contribution in [-0.2, 0) is 0 Å². The van der Waals surface area contributed by atoms with E-state index in [2.05, 4.69) is 85.5 Å². The molecule has 1 aliphatic heterocycles. The Balaban J connectivity index is 1.59. The fourth-order valence-electron chi connectivity index (χ4n) is 5.94. The molecular formula is C28H39N2O+. The fraction of sp³-hybridized carbons (Fsp3) is 0.500. The second-order valence-electron chi connectivity index (χ2n) is 9.37. The van der Waals surface area contributed by atoms with Crippen molar-refractivity contribution in [2.45, 2.75) is 57.6 Å². The summed E-state index contributed by atoms with van der Waals surface area (Å²) in [6, 6.07) is 20.2. The van der Waals surface area contributed by atoms with E-state index in [-0.39, 0.29) is 0 Å². The van der Waals surface area contributed by atoms with Gasteiger partial charge < -0.3 is 14.9 Å². The van der Waals surface area contributed by atoms with Gasteiger partial charge >= 0.3 is 0 Å². The van der Waals surface area contributed by atoms with Crippen LogP contribution in [0.15, 0.2) is 60.7 Å². The highest BCUT2D eigenvalue weighted by Crippen LogP contribution is 2.44. The number of benzene rings is 2. The van der Waals surface area contributed by atoms with Crippen molar-refractivity contribution >= 4 is 11.8 Å². The second kappa shape index (κ2) is 10.0. The molecular weight excluding hydrogens is 380 g/mol. The Kier molecular flexibility index (Phi) is 7.14. The molecule has 1 saturated carbocycles. The summed E-state index contributed by atoms with van der Waals surface area (Å²) in [6.07, 6.45) is 10.0. The number of anilines is 1. The molecule has 2 fully saturated rings. The van der Waals surface area contributed by atoms with Gasteiger partial charge in [-0.1, -0.05) is 61.4 Å². The van der Waals surface area contributed by atoms with E-state index < -0.39 is 5.60 Å². The summed E-state index contributed by atoms with van der Waals surface area (Å²) in [7, 11) is 0. The average Bonchev–Trinajstić information content (AvgIpc) is 2.81. The van der Waals surface area contributed by atoms with Crippen molar-refractivity contribution in [3.8, 4) is 0 Å². The lowest BCUT2D eigenvalue weighted by Gasteiger charge is -2.50. The fourth-order valence-corrected chi connectivity index (χ4v) is 5.94. The molecule has 2 aromatic rings. The van der Waals surface area contributed by atoms with Crippen LogP contribution in [0.5, 0.6) is 0 Å². The van der Waals surface area contributed by atoms with Crippen molar-refractivity contribution in [1.29, 1.82) is 0 Å².